The Balaban J connectivity index is 1.77. The molecule has 1 N–H and O–H groups in total. The molecule has 1 aliphatic heterocycles. The molecule has 0 saturated carbocycles. The molecule has 0 unspecified atom stereocenters. The second-order valence-corrected chi connectivity index (χ2v) is 8.12. The number of sulfonamides is 1. The number of amides is 1. The number of para-hydroxylation sites is 1. The van der Waals surface area contributed by atoms with Crippen molar-refractivity contribution in [2.75, 3.05) is 38.0 Å². The van der Waals surface area contributed by atoms with Gasteiger partial charge in [0.15, 0.2) is 0 Å². The van der Waals surface area contributed by atoms with E-state index in [4.69, 9.17) is 0 Å². The molecule has 1 fully saturated rings. The van der Waals surface area contributed by atoms with Crippen molar-refractivity contribution in [2.45, 2.75) is 11.8 Å². The molecule has 6 nitrogen and oxygen atoms in total. The summed E-state index contributed by atoms with van der Waals surface area (Å²) >= 11 is 0. The van der Waals surface area contributed by atoms with E-state index in [0.29, 0.717) is 24.3 Å². The Morgan fingerprint density at radius 1 is 1.00 bits per heavy atom. The molecule has 1 heterocycles. The minimum Gasteiger partial charge on any atom is -0.322 e. The van der Waals surface area contributed by atoms with E-state index in [2.05, 4.69) is 17.1 Å². The highest BCUT2D eigenvalue weighted by molar-refractivity contribution is 7.89. The highest BCUT2D eigenvalue weighted by atomic mass is 32.2. The summed E-state index contributed by atoms with van der Waals surface area (Å²) < 4.78 is 27.3. The van der Waals surface area contributed by atoms with Crippen LogP contribution in [0.15, 0.2) is 59.5 Å². The van der Waals surface area contributed by atoms with Crippen LogP contribution >= 0.6 is 0 Å². The van der Waals surface area contributed by atoms with Crippen LogP contribution in [0.25, 0.3) is 0 Å². The van der Waals surface area contributed by atoms with Gasteiger partial charge in [-0.25, -0.2) is 8.42 Å². The van der Waals surface area contributed by atoms with Crippen molar-refractivity contribution in [1.29, 1.82) is 0 Å². The van der Waals surface area contributed by atoms with Crippen molar-refractivity contribution in [3.05, 3.63) is 60.2 Å². The van der Waals surface area contributed by atoms with E-state index in [1.54, 1.807) is 30.3 Å². The van der Waals surface area contributed by atoms with Gasteiger partial charge in [-0.2, -0.15) is 4.31 Å². The Morgan fingerprint density at radius 3 is 2.35 bits per heavy atom. The van der Waals surface area contributed by atoms with Crippen LogP contribution in [0.1, 0.15) is 17.3 Å². The summed E-state index contributed by atoms with van der Waals surface area (Å²) in [6, 6.07) is 15.3. The summed E-state index contributed by atoms with van der Waals surface area (Å²) in [5.41, 5.74) is 0.989. The fourth-order valence-electron chi connectivity index (χ4n) is 2.96. The third-order valence-corrected chi connectivity index (χ3v) is 6.44. The quantitative estimate of drug-likeness (QED) is 0.873. The smallest absolute Gasteiger partial charge is 0.255 e. The van der Waals surface area contributed by atoms with Crippen molar-refractivity contribution >= 4 is 21.6 Å². The summed E-state index contributed by atoms with van der Waals surface area (Å²) in [6.45, 7) is 5.38. The first kappa shape index (κ1) is 18.6. The number of carbonyl (C=O) groups excluding carboxylic acids is 1. The molecular formula is C19H23N3O3S. The van der Waals surface area contributed by atoms with Crippen LogP contribution < -0.4 is 5.32 Å². The molecule has 138 valence electrons. The number of likely N-dealkylation sites (N-methyl/N-ethyl adjacent to an activating group) is 1. The normalized spacial score (nSPS) is 16.3. The monoisotopic (exact) mass is 373 g/mol. The second kappa shape index (κ2) is 7.99. The van der Waals surface area contributed by atoms with Gasteiger partial charge in [-0.05, 0) is 36.9 Å². The summed E-state index contributed by atoms with van der Waals surface area (Å²) in [5, 5.41) is 2.78. The molecular weight excluding hydrogens is 350 g/mol. The molecule has 0 spiro atoms. The Morgan fingerprint density at radius 2 is 1.69 bits per heavy atom. The molecule has 2 aromatic carbocycles. The third kappa shape index (κ3) is 4.12. The van der Waals surface area contributed by atoms with Crippen LogP contribution in [0.3, 0.4) is 0 Å². The second-order valence-electron chi connectivity index (χ2n) is 6.19. The summed E-state index contributed by atoms with van der Waals surface area (Å²) in [6.07, 6.45) is 0. The molecule has 0 aromatic heterocycles. The average molecular weight is 373 g/mol. The Kier molecular flexibility index (Phi) is 5.70. The van der Waals surface area contributed by atoms with Crippen LogP contribution in [0.4, 0.5) is 5.69 Å². The largest absolute Gasteiger partial charge is 0.322 e. The lowest BCUT2D eigenvalue weighted by atomic mass is 10.2. The van der Waals surface area contributed by atoms with Gasteiger partial charge >= 0.3 is 0 Å². The number of benzene rings is 2. The first-order valence-electron chi connectivity index (χ1n) is 8.69. The van der Waals surface area contributed by atoms with Crippen molar-refractivity contribution in [2.24, 2.45) is 0 Å². The molecule has 1 saturated heterocycles. The topological polar surface area (TPSA) is 69.7 Å². The van der Waals surface area contributed by atoms with E-state index in [1.165, 1.54) is 10.4 Å². The number of nitrogens with one attached hydrogen (secondary N) is 1. The van der Waals surface area contributed by atoms with Crippen LogP contribution in [0.5, 0.6) is 0 Å². The summed E-state index contributed by atoms with van der Waals surface area (Å²) in [7, 11) is -3.60. The zero-order valence-corrected chi connectivity index (χ0v) is 15.6. The molecule has 0 radical (unpaired) electrons. The predicted octanol–water partition coefficient (Wildman–Crippen LogP) is 2.27. The number of piperazine rings is 1. The van der Waals surface area contributed by atoms with Gasteiger partial charge in [-0.3, -0.25) is 4.79 Å². The first-order chi connectivity index (χ1) is 12.5. The molecule has 3 rings (SSSR count). The van der Waals surface area contributed by atoms with Gasteiger partial charge < -0.3 is 10.2 Å². The van der Waals surface area contributed by atoms with Crippen molar-refractivity contribution < 1.29 is 13.2 Å². The van der Waals surface area contributed by atoms with Crippen molar-refractivity contribution in [3.8, 4) is 0 Å². The molecule has 1 aliphatic rings. The molecule has 1 amide bonds. The predicted molar refractivity (Wildman–Crippen MR) is 102 cm³/mol. The molecule has 7 heteroatoms. The number of nitrogens with zero attached hydrogens (tertiary/aromatic N) is 2. The number of hydrogen-bond acceptors (Lipinski definition) is 4. The third-order valence-electron chi connectivity index (χ3n) is 4.54. The Hall–Kier alpha value is -2.22. The highest BCUT2D eigenvalue weighted by Crippen LogP contribution is 2.19. The van der Waals surface area contributed by atoms with E-state index < -0.39 is 10.0 Å². The van der Waals surface area contributed by atoms with Crippen molar-refractivity contribution in [3.63, 3.8) is 0 Å². The minimum atomic E-state index is -3.60. The molecule has 0 atom stereocenters. The zero-order chi connectivity index (χ0) is 18.6. The standard InChI is InChI=1S/C19H23N3O3S/c1-2-21-11-13-22(14-12-21)26(24,25)18-10-6-7-16(15-18)19(23)20-17-8-4-3-5-9-17/h3-10,15H,2,11-14H2,1H3,(H,20,23). The number of hydrogen-bond donors (Lipinski definition) is 1. The van der Waals surface area contributed by atoms with Gasteiger partial charge in [-0.1, -0.05) is 31.2 Å². The van der Waals surface area contributed by atoms with E-state index in [-0.39, 0.29) is 10.8 Å². The van der Waals surface area contributed by atoms with Crippen LogP contribution in [-0.2, 0) is 10.0 Å². The highest BCUT2D eigenvalue weighted by Gasteiger charge is 2.28. The average Bonchev–Trinajstić information content (AvgIpc) is 2.69. The van der Waals surface area contributed by atoms with Gasteiger partial charge in [-0.15, -0.1) is 0 Å². The van der Waals surface area contributed by atoms with Gasteiger partial charge in [0.1, 0.15) is 0 Å². The first-order valence-corrected chi connectivity index (χ1v) is 10.1. The maximum absolute atomic E-state index is 12.9. The minimum absolute atomic E-state index is 0.156. The van der Waals surface area contributed by atoms with E-state index in [9.17, 15) is 13.2 Å². The lowest BCUT2D eigenvalue weighted by Gasteiger charge is -2.33. The van der Waals surface area contributed by atoms with E-state index >= 15 is 0 Å². The van der Waals surface area contributed by atoms with Crippen molar-refractivity contribution in [1.82, 2.24) is 9.21 Å². The molecule has 0 bridgehead atoms. The van der Waals surface area contributed by atoms with Gasteiger partial charge in [0.2, 0.25) is 10.0 Å². The lowest BCUT2D eigenvalue weighted by molar-refractivity contribution is 0.102. The van der Waals surface area contributed by atoms with Gasteiger partial charge in [0.25, 0.3) is 5.91 Å². The van der Waals surface area contributed by atoms with Crippen LogP contribution in [0, 0.1) is 0 Å². The lowest BCUT2D eigenvalue weighted by Crippen LogP contribution is -2.48. The molecule has 26 heavy (non-hydrogen) atoms. The van der Waals surface area contributed by atoms with Gasteiger partial charge in [0.05, 0.1) is 4.90 Å². The van der Waals surface area contributed by atoms with Crippen LogP contribution in [-0.4, -0.2) is 56.3 Å². The fourth-order valence-corrected chi connectivity index (χ4v) is 4.43. The fraction of sp³-hybridized carbons (Fsp3) is 0.316. The summed E-state index contributed by atoms with van der Waals surface area (Å²) in [4.78, 5) is 14.8. The Labute approximate surface area is 154 Å². The molecule has 0 aliphatic carbocycles. The number of anilines is 1. The van der Waals surface area contributed by atoms with Gasteiger partial charge in [0, 0.05) is 37.4 Å². The van der Waals surface area contributed by atoms with Crippen LogP contribution in [0.2, 0.25) is 0 Å². The van der Waals surface area contributed by atoms with E-state index in [0.717, 1.165) is 19.6 Å². The summed E-state index contributed by atoms with van der Waals surface area (Å²) in [5.74, 6) is -0.330. The Bertz CT molecular complexity index is 861. The number of carbonyl (C=O) groups is 1. The zero-order valence-electron chi connectivity index (χ0n) is 14.8. The maximum Gasteiger partial charge on any atom is 0.255 e. The maximum atomic E-state index is 12.9. The van der Waals surface area contributed by atoms with E-state index in [1.807, 2.05) is 18.2 Å². The SMILES string of the molecule is CCN1CCN(S(=O)(=O)c2cccc(C(=O)Nc3ccccc3)c2)CC1. The molecule has 2 aromatic rings. The number of rotatable bonds is 5.